The molecule has 0 spiro atoms. The molecule has 1 rings (SSSR count). The summed E-state index contributed by atoms with van der Waals surface area (Å²) in [6, 6.07) is 2.98. The molecule has 0 amide bonds. The van der Waals surface area contributed by atoms with Crippen molar-refractivity contribution in [2.45, 2.75) is 39.5 Å². The average Bonchev–Trinajstić information content (AvgIpc) is 2.21. The number of alkyl halides is 1. The van der Waals surface area contributed by atoms with Crippen molar-refractivity contribution in [3.63, 3.8) is 0 Å². The number of hydrogen-bond acceptors (Lipinski definition) is 0. The van der Waals surface area contributed by atoms with Gasteiger partial charge in [0.15, 0.2) is 0 Å². The van der Waals surface area contributed by atoms with Gasteiger partial charge in [-0.1, -0.05) is 39.3 Å². The third kappa shape index (κ3) is 4.11. The van der Waals surface area contributed by atoms with Crippen LogP contribution in [0.4, 0.5) is 4.39 Å². The monoisotopic (exact) mass is 354 g/mol. The van der Waals surface area contributed by atoms with Gasteiger partial charge in [0, 0.05) is 10.0 Å². The summed E-state index contributed by atoms with van der Waals surface area (Å²) in [5.41, 5.74) is 0.629. The second kappa shape index (κ2) is 6.11. The van der Waals surface area contributed by atoms with Gasteiger partial charge < -0.3 is 0 Å². The number of hydrogen-bond donors (Lipinski definition) is 0. The molecule has 0 aliphatic rings. The lowest BCUT2D eigenvalue weighted by Gasteiger charge is -2.29. The van der Waals surface area contributed by atoms with Crippen LogP contribution >= 0.6 is 39.1 Å². The minimum atomic E-state index is -0.357. The first kappa shape index (κ1) is 16.3. The highest BCUT2D eigenvalue weighted by molar-refractivity contribution is 9.10. The van der Waals surface area contributed by atoms with Crippen LogP contribution in [0.15, 0.2) is 16.6 Å². The molecule has 0 N–H and O–H groups in total. The molecule has 0 radical (unpaired) electrons. The van der Waals surface area contributed by atoms with Crippen LogP contribution in [0.3, 0.4) is 0 Å². The summed E-state index contributed by atoms with van der Waals surface area (Å²) >= 11 is 15.5. The van der Waals surface area contributed by atoms with Crippen molar-refractivity contribution in [2.24, 2.45) is 11.3 Å². The van der Waals surface area contributed by atoms with Crippen molar-refractivity contribution in [3.05, 3.63) is 33.0 Å². The van der Waals surface area contributed by atoms with E-state index in [9.17, 15) is 4.39 Å². The maximum absolute atomic E-state index is 13.9. The van der Waals surface area contributed by atoms with Crippen LogP contribution in [0.2, 0.25) is 5.02 Å². The summed E-state index contributed by atoms with van der Waals surface area (Å²) in [4.78, 5) is 0. The summed E-state index contributed by atoms with van der Waals surface area (Å²) in [6.45, 7) is 8.61. The van der Waals surface area contributed by atoms with Crippen molar-refractivity contribution in [1.82, 2.24) is 0 Å². The van der Waals surface area contributed by atoms with E-state index in [1.807, 2.05) is 0 Å². The fourth-order valence-corrected chi connectivity index (χ4v) is 2.49. The molecule has 0 bridgehead atoms. The third-order valence-electron chi connectivity index (χ3n) is 3.42. The molecular formula is C14H18BrCl2F. The topological polar surface area (TPSA) is 0 Å². The maximum atomic E-state index is 13.9. The first-order valence-electron chi connectivity index (χ1n) is 5.91. The Morgan fingerprint density at radius 2 is 1.89 bits per heavy atom. The predicted octanol–water partition coefficient (Wildman–Crippen LogP) is 6.59. The fraction of sp³-hybridized carbons (Fsp3) is 0.571. The molecule has 1 aromatic rings. The Labute approximate surface area is 127 Å². The van der Waals surface area contributed by atoms with E-state index in [1.165, 1.54) is 6.07 Å². The lowest BCUT2D eigenvalue weighted by Crippen LogP contribution is -2.18. The standard InChI is InChI=1S/C14H18BrCl2F/c1-8(14(2,3)4)5-11(16)9-6-12(17)10(15)7-13(9)18/h6-8,11H,5H2,1-4H3. The number of benzene rings is 1. The van der Waals surface area contributed by atoms with E-state index in [-0.39, 0.29) is 16.6 Å². The number of halogens is 4. The van der Waals surface area contributed by atoms with Crippen LogP contribution in [-0.2, 0) is 0 Å². The lowest BCUT2D eigenvalue weighted by molar-refractivity contribution is 0.244. The number of rotatable bonds is 3. The quantitative estimate of drug-likeness (QED) is 0.423. The van der Waals surface area contributed by atoms with Crippen LogP contribution in [0.25, 0.3) is 0 Å². The van der Waals surface area contributed by atoms with E-state index in [4.69, 9.17) is 23.2 Å². The van der Waals surface area contributed by atoms with Crippen LogP contribution in [0, 0.1) is 17.2 Å². The first-order valence-corrected chi connectivity index (χ1v) is 7.52. The maximum Gasteiger partial charge on any atom is 0.129 e. The van der Waals surface area contributed by atoms with Crippen molar-refractivity contribution in [3.8, 4) is 0 Å². The minimum absolute atomic E-state index is 0.156. The second-order valence-electron chi connectivity index (χ2n) is 5.76. The zero-order valence-electron chi connectivity index (χ0n) is 11.0. The van der Waals surface area contributed by atoms with E-state index < -0.39 is 0 Å². The first-order chi connectivity index (χ1) is 8.12. The van der Waals surface area contributed by atoms with Crippen molar-refractivity contribution >= 4 is 39.1 Å². The smallest absolute Gasteiger partial charge is 0.129 e. The van der Waals surface area contributed by atoms with Crippen LogP contribution in [0.1, 0.15) is 45.1 Å². The van der Waals surface area contributed by atoms with Crippen molar-refractivity contribution in [1.29, 1.82) is 0 Å². The molecule has 0 fully saturated rings. The molecule has 1 aromatic carbocycles. The molecule has 4 heteroatoms. The molecule has 0 aliphatic carbocycles. The van der Waals surface area contributed by atoms with Gasteiger partial charge in [0.2, 0.25) is 0 Å². The van der Waals surface area contributed by atoms with Gasteiger partial charge in [-0.15, -0.1) is 11.6 Å². The second-order valence-corrected chi connectivity index (χ2v) is 7.55. The van der Waals surface area contributed by atoms with Crippen LogP contribution in [0.5, 0.6) is 0 Å². The summed E-state index contributed by atoms with van der Waals surface area (Å²) in [7, 11) is 0. The summed E-state index contributed by atoms with van der Waals surface area (Å²) < 4.78 is 14.4. The van der Waals surface area contributed by atoms with E-state index in [2.05, 4.69) is 43.6 Å². The van der Waals surface area contributed by atoms with Gasteiger partial charge in [-0.3, -0.25) is 0 Å². The molecule has 18 heavy (non-hydrogen) atoms. The Balaban J connectivity index is 2.91. The van der Waals surface area contributed by atoms with Gasteiger partial charge in [0.1, 0.15) is 5.82 Å². The zero-order valence-corrected chi connectivity index (χ0v) is 14.1. The highest BCUT2D eigenvalue weighted by atomic mass is 79.9. The molecule has 102 valence electrons. The minimum Gasteiger partial charge on any atom is -0.207 e. The van der Waals surface area contributed by atoms with Crippen molar-refractivity contribution < 1.29 is 4.39 Å². The highest BCUT2D eigenvalue weighted by Crippen LogP contribution is 2.39. The normalized spacial score (nSPS) is 15.6. The van der Waals surface area contributed by atoms with Crippen LogP contribution < -0.4 is 0 Å². The van der Waals surface area contributed by atoms with Gasteiger partial charge >= 0.3 is 0 Å². The summed E-state index contributed by atoms with van der Waals surface area (Å²) in [5, 5.41) is 0.130. The van der Waals surface area contributed by atoms with E-state index in [0.29, 0.717) is 21.0 Å². The van der Waals surface area contributed by atoms with E-state index >= 15 is 0 Å². The van der Waals surface area contributed by atoms with E-state index in [1.54, 1.807) is 6.07 Å². The Bertz CT molecular complexity index is 427. The van der Waals surface area contributed by atoms with Gasteiger partial charge in [-0.2, -0.15) is 0 Å². The highest BCUT2D eigenvalue weighted by Gasteiger charge is 2.25. The molecule has 0 aromatic heterocycles. The van der Waals surface area contributed by atoms with E-state index in [0.717, 1.165) is 6.42 Å². The Hall–Kier alpha value is 0.210. The zero-order chi connectivity index (χ0) is 14.1. The Morgan fingerprint density at radius 3 is 2.39 bits per heavy atom. The molecule has 2 unspecified atom stereocenters. The average molecular weight is 356 g/mol. The molecule has 0 saturated heterocycles. The predicted molar refractivity (Wildman–Crippen MR) is 80.9 cm³/mol. The lowest BCUT2D eigenvalue weighted by atomic mass is 9.79. The summed E-state index contributed by atoms with van der Waals surface area (Å²) in [6.07, 6.45) is 0.722. The molecule has 0 nitrogen and oxygen atoms in total. The van der Waals surface area contributed by atoms with Crippen molar-refractivity contribution in [2.75, 3.05) is 0 Å². The molecule has 0 heterocycles. The molecule has 0 saturated carbocycles. The summed E-state index contributed by atoms with van der Waals surface area (Å²) in [5.74, 6) is 0.0780. The molecular weight excluding hydrogens is 338 g/mol. The Morgan fingerprint density at radius 1 is 1.33 bits per heavy atom. The molecule has 2 atom stereocenters. The van der Waals surface area contributed by atoms with Gasteiger partial charge in [0.05, 0.1) is 10.4 Å². The van der Waals surface area contributed by atoms with Gasteiger partial charge in [-0.05, 0) is 45.8 Å². The van der Waals surface area contributed by atoms with Gasteiger partial charge in [0.25, 0.3) is 0 Å². The molecule has 0 aliphatic heterocycles. The largest absolute Gasteiger partial charge is 0.207 e. The third-order valence-corrected chi connectivity index (χ3v) is 5.03. The fourth-order valence-electron chi connectivity index (χ4n) is 1.57. The SMILES string of the molecule is CC(CC(Cl)c1cc(Cl)c(Br)cc1F)C(C)(C)C. The Kier molecular flexibility index (Phi) is 5.52. The van der Waals surface area contributed by atoms with Crippen LogP contribution in [-0.4, -0.2) is 0 Å². The van der Waals surface area contributed by atoms with Gasteiger partial charge in [-0.25, -0.2) is 4.39 Å².